The third-order valence-electron chi connectivity index (χ3n) is 4.03. The molecule has 1 amide bonds. The largest absolute Gasteiger partial charge is 0.311 e. The molecule has 1 N–H and O–H groups in total. The first-order chi connectivity index (χ1) is 11.8. The summed E-state index contributed by atoms with van der Waals surface area (Å²) in [4.78, 5) is 13.3. The number of anilines is 1. The minimum atomic E-state index is -4.28. The highest BCUT2D eigenvalue weighted by molar-refractivity contribution is 7.89. The zero-order valence-electron chi connectivity index (χ0n) is 13.4. The Balaban J connectivity index is 1.79. The second kappa shape index (κ2) is 6.53. The third-order valence-corrected chi connectivity index (χ3v) is 5.54. The number of nitrogens with one attached hydrogen (secondary N) is 1. The van der Waals surface area contributed by atoms with Gasteiger partial charge in [-0.3, -0.25) is 4.79 Å². The Morgan fingerprint density at radius 1 is 1.12 bits per heavy atom. The predicted molar refractivity (Wildman–Crippen MR) is 88.6 cm³/mol. The van der Waals surface area contributed by atoms with Crippen LogP contribution in [-0.2, 0) is 14.8 Å². The summed E-state index contributed by atoms with van der Waals surface area (Å²) < 4.78 is 53.5. The Morgan fingerprint density at radius 3 is 2.44 bits per heavy atom. The number of sulfonamides is 1. The minimum Gasteiger partial charge on any atom is -0.311 e. The van der Waals surface area contributed by atoms with E-state index in [9.17, 15) is 22.0 Å². The number of amides is 1. The lowest BCUT2D eigenvalue weighted by atomic mass is 10.2. The molecule has 0 saturated carbocycles. The number of nitrogens with zero attached hydrogens (tertiary/aromatic N) is 1. The molecule has 0 radical (unpaired) electrons. The van der Waals surface area contributed by atoms with Gasteiger partial charge in [-0.25, -0.2) is 17.2 Å². The van der Waals surface area contributed by atoms with E-state index in [0.29, 0.717) is 18.3 Å². The van der Waals surface area contributed by atoms with Crippen molar-refractivity contribution in [3.8, 4) is 0 Å². The molecule has 1 fully saturated rings. The predicted octanol–water partition coefficient (Wildman–Crippen LogP) is 2.36. The van der Waals surface area contributed by atoms with Crippen molar-refractivity contribution in [1.29, 1.82) is 0 Å². The van der Waals surface area contributed by atoms with Gasteiger partial charge in [-0.05, 0) is 37.6 Å². The van der Waals surface area contributed by atoms with E-state index in [4.69, 9.17) is 0 Å². The summed E-state index contributed by atoms with van der Waals surface area (Å²) >= 11 is 0. The minimum absolute atomic E-state index is 0.259. The topological polar surface area (TPSA) is 66.5 Å². The fourth-order valence-corrected chi connectivity index (χ4v) is 4.00. The fourth-order valence-electron chi connectivity index (χ4n) is 2.71. The molecular weight excluding hydrogens is 350 g/mol. The number of carbonyl (C=O) groups is 1. The van der Waals surface area contributed by atoms with Crippen LogP contribution in [0.25, 0.3) is 0 Å². The molecule has 2 aromatic carbocycles. The first-order valence-corrected chi connectivity index (χ1v) is 9.12. The molecule has 5 nitrogen and oxygen atoms in total. The highest BCUT2D eigenvalue weighted by Gasteiger charge is 2.36. The molecule has 1 saturated heterocycles. The van der Waals surface area contributed by atoms with Crippen LogP contribution in [0, 0.1) is 18.6 Å². The molecule has 0 aromatic heterocycles. The zero-order chi connectivity index (χ0) is 18.2. The van der Waals surface area contributed by atoms with Gasteiger partial charge in [0.15, 0.2) is 0 Å². The molecule has 132 valence electrons. The van der Waals surface area contributed by atoms with Crippen LogP contribution >= 0.6 is 0 Å². The fraction of sp³-hybridized carbons (Fsp3) is 0.235. The monoisotopic (exact) mass is 366 g/mol. The molecule has 0 spiro atoms. The van der Waals surface area contributed by atoms with Gasteiger partial charge in [0, 0.05) is 18.3 Å². The van der Waals surface area contributed by atoms with Crippen molar-refractivity contribution >= 4 is 21.6 Å². The Bertz CT molecular complexity index is 914. The van der Waals surface area contributed by atoms with Gasteiger partial charge in [0.1, 0.15) is 22.6 Å². The molecule has 1 atom stereocenters. The van der Waals surface area contributed by atoms with Crippen LogP contribution in [0.2, 0.25) is 0 Å². The smallest absolute Gasteiger partial charge is 0.245 e. The number of carbonyl (C=O) groups excluding carboxylic acids is 1. The van der Waals surface area contributed by atoms with Crippen molar-refractivity contribution in [3.63, 3.8) is 0 Å². The average Bonchev–Trinajstić information content (AvgIpc) is 2.88. The van der Waals surface area contributed by atoms with Crippen molar-refractivity contribution in [2.24, 2.45) is 0 Å². The maximum atomic E-state index is 13.7. The van der Waals surface area contributed by atoms with E-state index in [-0.39, 0.29) is 6.42 Å². The Labute approximate surface area is 144 Å². The lowest BCUT2D eigenvalue weighted by molar-refractivity contribution is -0.118. The van der Waals surface area contributed by atoms with Crippen LogP contribution < -0.4 is 9.62 Å². The van der Waals surface area contributed by atoms with E-state index in [1.165, 1.54) is 4.90 Å². The Morgan fingerprint density at radius 2 is 1.80 bits per heavy atom. The van der Waals surface area contributed by atoms with Gasteiger partial charge < -0.3 is 4.90 Å². The van der Waals surface area contributed by atoms with Crippen LogP contribution in [0.3, 0.4) is 0 Å². The number of rotatable bonds is 4. The van der Waals surface area contributed by atoms with Crippen molar-refractivity contribution in [2.75, 3.05) is 11.4 Å². The molecule has 3 rings (SSSR count). The first kappa shape index (κ1) is 17.5. The average molecular weight is 366 g/mol. The number of hydrogen-bond acceptors (Lipinski definition) is 3. The summed E-state index contributed by atoms with van der Waals surface area (Å²) in [6.07, 6.45) is 0.259. The summed E-state index contributed by atoms with van der Waals surface area (Å²) in [5.74, 6) is -2.48. The Kier molecular flexibility index (Phi) is 4.57. The van der Waals surface area contributed by atoms with E-state index in [2.05, 4.69) is 4.72 Å². The van der Waals surface area contributed by atoms with E-state index < -0.39 is 38.5 Å². The normalized spacial score (nSPS) is 18.0. The van der Waals surface area contributed by atoms with Gasteiger partial charge in [-0.1, -0.05) is 17.7 Å². The highest BCUT2D eigenvalue weighted by atomic mass is 32.2. The maximum Gasteiger partial charge on any atom is 0.245 e. The molecular formula is C17H16F2N2O3S. The maximum absolute atomic E-state index is 13.7. The summed E-state index contributed by atoms with van der Waals surface area (Å²) in [5, 5.41) is 0. The van der Waals surface area contributed by atoms with Gasteiger partial charge in [0.2, 0.25) is 15.9 Å². The zero-order valence-corrected chi connectivity index (χ0v) is 14.2. The first-order valence-electron chi connectivity index (χ1n) is 7.63. The molecule has 2 aromatic rings. The molecule has 0 bridgehead atoms. The molecule has 0 unspecified atom stereocenters. The van der Waals surface area contributed by atoms with Crippen LogP contribution in [0.4, 0.5) is 14.5 Å². The van der Waals surface area contributed by atoms with E-state index in [0.717, 1.165) is 17.7 Å². The lowest BCUT2D eigenvalue weighted by Gasteiger charge is -2.17. The Hall–Kier alpha value is -2.32. The molecule has 0 aliphatic carbocycles. The summed E-state index contributed by atoms with van der Waals surface area (Å²) in [7, 11) is -4.28. The molecule has 25 heavy (non-hydrogen) atoms. The third kappa shape index (κ3) is 3.54. The van der Waals surface area contributed by atoms with Gasteiger partial charge in [0.05, 0.1) is 0 Å². The summed E-state index contributed by atoms with van der Waals surface area (Å²) in [5.41, 5.74) is 1.71. The second-order valence-corrected chi connectivity index (χ2v) is 7.55. The standard InChI is InChI=1S/C17H16F2N2O3S/c1-11-2-5-13(6-3-11)21-9-8-15(17(21)22)20-25(23,24)16-7-4-12(18)10-14(16)19/h2-7,10,15,20H,8-9H2,1H3/t15-/m0/s1. The summed E-state index contributed by atoms with van der Waals surface area (Å²) in [6.45, 7) is 2.27. The van der Waals surface area contributed by atoms with Crippen molar-refractivity contribution in [1.82, 2.24) is 4.72 Å². The van der Waals surface area contributed by atoms with Crippen LogP contribution in [0.1, 0.15) is 12.0 Å². The van der Waals surface area contributed by atoms with E-state index >= 15 is 0 Å². The van der Waals surface area contributed by atoms with Crippen LogP contribution in [0.5, 0.6) is 0 Å². The molecule has 1 aliphatic rings. The molecule has 1 heterocycles. The summed E-state index contributed by atoms with van der Waals surface area (Å²) in [6, 6.07) is 8.46. The van der Waals surface area contributed by atoms with Gasteiger partial charge in [-0.15, -0.1) is 0 Å². The highest BCUT2D eigenvalue weighted by Crippen LogP contribution is 2.24. The molecule has 8 heteroatoms. The van der Waals surface area contributed by atoms with Crippen molar-refractivity contribution < 1.29 is 22.0 Å². The molecule has 1 aliphatic heterocycles. The van der Waals surface area contributed by atoms with Gasteiger partial charge in [0.25, 0.3) is 0 Å². The SMILES string of the molecule is Cc1ccc(N2CC[C@H](NS(=O)(=O)c3ccc(F)cc3F)C2=O)cc1. The van der Waals surface area contributed by atoms with Gasteiger partial charge in [-0.2, -0.15) is 4.72 Å². The van der Waals surface area contributed by atoms with E-state index in [1.807, 2.05) is 19.1 Å². The van der Waals surface area contributed by atoms with Crippen molar-refractivity contribution in [3.05, 3.63) is 59.7 Å². The second-order valence-electron chi connectivity index (χ2n) is 5.86. The van der Waals surface area contributed by atoms with E-state index in [1.54, 1.807) is 12.1 Å². The number of aryl methyl sites for hydroxylation is 1. The van der Waals surface area contributed by atoms with Crippen molar-refractivity contribution in [2.45, 2.75) is 24.3 Å². The van der Waals surface area contributed by atoms with Crippen LogP contribution in [-0.4, -0.2) is 26.9 Å². The van der Waals surface area contributed by atoms with Crippen LogP contribution in [0.15, 0.2) is 47.4 Å². The number of halogens is 2. The van der Waals surface area contributed by atoms with Gasteiger partial charge >= 0.3 is 0 Å². The number of hydrogen-bond donors (Lipinski definition) is 1. The number of benzene rings is 2. The lowest BCUT2D eigenvalue weighted by Crippen LogP contribution is -2.41. The quantitative estimate of drug-likeness (QED) is 0.903.